The van der Waals surface area contributed by atoms with Crippen LogP contribution in [0.1, 0.15) is 35.5 Å². The molecule has 0 aliphatic heterocycles. The lowest BCUT2D eigenvalue weighted by Crippen LogP contribution is -2.27. The van der Waals surface area contributed by atoms with E-state index in [-0.39, 0.29) is 11.9 Å². The molecular formula is C26H25N3O. The van der Waals surface area contributed by atoms with Gasteiger partial charge in [-0.1, -0.05) is 66.7 Å². The molecule has 0 saturated carbocycles. The van der Waals surface area contributed by atoms with Crippen molar-refractivity contribution in [3.8, 4) is 0 Å². The van der Waals surface area contributed by atoms with E-state index in [2.05, 4.69) is 41.1 Å². The Morgan fingerprint density at radius 1 is 1.00 bits per heavy atom. The van der Waals surface area contributed by atoms with Crippen LogP contribution in [0, 0.1) is 6.92 Å². The first-order valence-electron chi connectivity index (χ1n) is 10.1. The van der Waals surface area contributed by atoms with Gasteiger partial charge in [0.25, 0.3) is 0 Å². The first-order chi connectivity index (χ1) is 14.6. The molecule has 150 valence electrons. The molecule has 0 saturated heterocycles. The minimum atomic E-state index is -0.227. The fourth-order valence-corrected chi connectivity index (χ4v) is 3.61. The number of benzene rings is 3. The molecule has 0 fully saturated rings. The highest BCUT2D eigenvalue weighted by molar-refractivity contribution is 5.92. The van der Waals surface area contributed by atoms with E-state index in [0.29, 0.717) is 6.54 Å². The minimum Gasteiger partial charge on any atom is -0.343 e. The maximum Gasteiger partial charge on any atom is 0.244 e. The van der Waals surface area contributed by atoms with Crippen molar-refractivity contribution in [3.63, 3.8) is 0 Å². The summed E-state index contributed by atoms with van der Waals surface area (Å²) < 4.78 is 2.20. The molecule has 1 unspecified atom stereocenters. The van der Waals surface area contributed by atoms with Crippen LogP contribution in [0.3, 0.4) is 0 Å². The van der Waals surface area contributed by atoms with Gasteiger partial charge in [0, 0.05) is 12.6 Å². The summed E-state index contributed by atoms with van der Waals surface area (Å²) in [5.74, 6) is 0.710. The summed E-state index contributed by atoms with van der Waals surface area (Å²) in [6, 6.07) is 26.0. The lowest BCUT2D eigenvalue weighted by molar-refractivity contribution is -0.117. The first-order valence-corrected chi connectivity index (χ1v) is 10.1. The topological polar surface area (TPSA) is 46.9 Å². The monoisotopic (exact) mass is 395 g/mol. The van der Waals surface area contributed by atoms with E-state index in [0.717, 1.165) is 22.4 Å². The number of aryl methyl sites for hydroxylation is 1. The number of para-hydroxylation sites is 2. The molecule has 1 N–H and O–H groups in total. The molecule has 1 amide bonds. The number of hydrogen-bond acceptors (Lipinski definition) is 2. The van der Waals surface area contributed by atoms with Crippen LogP contribution in [0.2, 0.25) is 0 Å². The Labute approximate surface area is 176 Å². The number of carbonyl (C=O) groups is 1. The highest BCUT2D eigenvalue weighted by Crippen LogP contribution is 2.23. The Morgan fingerprint density at radius 3 is 2.50 bits per heavy atom. The van der Waals surface area contributed by atoms with Crippen molar-refractivity contribution in [1.82, 2.24) is 14.9 Å². The molecule has 0 aliphatic rings. The molecular weight excluding hydrogens is 370 g/mol. The number of imidazole rings is 1. The molecule has 4 nitrogen and oxygen atoms in total. The van der Waals surface area contributed by atoms with E-state index in [1.54, 1.807) is 6.08 Å². The van der Waals surface area contributed by atoms with Crippen LogP contribution in [0.5, 0.6) is 0 Å². The third-order valence-corrected chi connectivity index (χ3v) is 5.25. The second-order valence-electron chi connectivity index (χ2n) is 7.45. The summed E-state index contributed by atoms with van der Waals surface area (Å²) in [6.07, 6.45) is 3.39. The largest absolute Gasteiger partial charge is 0.343 e. The van der Waals surface area contributed by atoms with Gasteiger partial charge in [0.2, 0.25) is 5.91 Å². The predicted octanol–water partition coefficient (Wildman–Crippen LogP) is 5.28. The molecule has 30 heavy (non-hydrogen) atoms. The number of nitrogens with one attached hydrogen (secondary N) is 1. The summed E-state index contributed by atoms with van der Waals surface area (Å²) in [4.78, 5) is 17.3. The van der Waals surface area contributed by atoms with Crippen molar-refractivity contribution in [2.45, 2.75) is 26.4 Å². The zero-order chi connectivity index (χ0) is 20.9. The summed E-state index contributed by atoms with van der Waals surface area (Å²) >= 11 is 0. The van der Waals surface area contributed by atoms with E-state index in [1.165, 1.54) is 11.1 Å². The van der Waals surface area contributed by atoms with Crippen LogP contribution in [0.25, 0.3) is 17.1 Å². The average molecular weight is 396 g/mol. The van der Waals surface area contributed by atoms with Crippen LogP contribution in [0.15, 0.2) is 84.9 Å². The third-order valence-electron chi connectivity index (χ3n) is 5.25. The maximum atomic E-state index is 12.5. The number of amides is 1. The van der Waals surface area contributed by atoms with Gasteiger partial charge in [-0.2, -0.15) is 0 Å². The van der Waals surface area contributed by atoms with Gasteiger partial charge >= 0.3 is 0 Å². The van der Waals surface area contributed by atoms with Crippen molar-refractivity contribution < 1.29 is 4.79 Å². The molecule has 0 aliphatic carbocycles. The fourth-order valence-electron chi connectivity index (χ4n) is 3.61. The van der Waals surface area contributed by atoms with Gasteiger partial charge in [0.1, 0.15) is 5.82 Å². The number of carbonyl (C=O) groups excluding carboxylic acids is 1. The Kier molecular flexibility index (Phi) is 5.75. The van der Waals surface area contributed by atoms with Gasteiger partial charge in [0.15, 0.2) is 0 Å². The average Bonchev–Trinajstić information content (AvgIpc) is 3.13. The zero-order valence-electron chi connectivity index (χ0n) is 17.2. The predicted molar refractivity (Wildman–Crippen MR) is 122 cm³/mol. The highest BCUT2D eigenvalue weighted by atomic mass is 16.1. The first kappa shape index (κ1) is 19.6. The Balaban J connectivity index is 1.60. The molecule has 3 aromatic carbocycles. The smallest absolute Gasteiger partial charge is 0.244 e. The van der Waals surface area contributed by atoms with Crippen LogP contribution >= 0.6 is 0 Å². The van der Waals surface area contributed by atoms with Gasteiger partial charge in [-0.05, 0) is 48.7 Å². The van der Waals surface area contributed by atoms with Crippen molar-refractivity contribution in [2.24, 2.45) is 0 Å². The number of fused-ring (bicyclic) bond motifs is 1. The SMILES string of the molecule is Cc1ccccc1Cn1c(C(C)NC(=O)/C=C\c2ccccc2)nc2ccccc21. The molecule has 0 spiro atoms. The van der Waals surface area contributed by atoms with Gasteiger partial charge < -0.3 is 9.88 Å². The summed E-state index contributed by atoms with van der Waals surface area (Å²) in [5, 5.41) is 3.06. The molecule has 4 aromatic rings. The number of hydrogen-bond donors (Lipinski definition) is 1. The molecule has 1 atom stereocenters. The van der Waals surface area contributed by atoms with Crippen LogP contribution in [-0.2, 0) is 11.3 Å². The van der Waals surface area contributed by atoms with Crippen molar-refractivity contribution in [2.75, 3.05) is 0 Å². The van der Waals surface area contributed by atoms with Gasteiger partial charge in [-0.3, -0.25) is 4.79 Å². The van der Waals surface area contributed by atoms with Gasteiger partial charge in [0.05, 0.1) is 17.1 Å². The normalized spacial score (nSPS) is 12.3. The van der Waals surface area contributed by atoms with Gasteiger partial charge in [-0.25, -0.2) is 4.98 Å². The lowest BCUT2D eigenvalue weighted by Gasteiger charge is -2.16. The van der Waals surface area contributed by atoms with E-state index < -0.39 is 0 Å². The Bertz CT molecular complexity index is 1190. The molecule has 0 radical (unpaired) electrons. The summed E-state index contributed by atoms with van der Waals surface area (Å²) in [6.45, 7) is 4.81. The third kappa shape index (κ3) is 4.33. The maximum absolute atomic E-state index is 12.5. The Hall–Kier alpha value is -3.66. The molecule has 1 heterocycles. The number of rotatable bonds is 6. The minimum absolute atomic E-state index is 0.138. The summed E-state index contributed by atoms with van der Waals surface area (Å²) in [5.41, 5.74) is 5.47. The van der Waals surface area contributed by atoms with E-state index in [9.17, 15) is 4.79 Å². The number of nitrogens with zero attached hydrogens (tertiary/aromatic N) is 2. The van der Waals surface area contributed by atoms with Crippen molar-refractivity contribution in [3.05, 3.63) is 107 Å². The quantitative estimate of drug-likeness (QED) is 0.451. The van der Waals surface area contributed by atoms with E-state index in [1.807, 2.05) is 67.6 Å². The highest BCUT2D eigenvalue weighted by Gasteiger charge is 2.18. The van der Waals surface area contributed by atoms with Crippen molar-refractivity contribution in [1.29, 1.82) is 0 Å². The zero-order valence-corrected chi connectivity index (χ0v) is 17.2. The second kappa shape index (κ2) is 8.78. The molecule has 4 rings (SSSR count). The lowest BCUT2D eigenvalue weighted by atomic mass is 10.1. The standard InChI is InChI=1S/C26H25N3O/c1-19-10-6-7-13-22(19)18-29-24-15-9-8-14-23(24)28-26(29)20(2)27-25(30)17-16-21-11-4-3-5-12-21/h3-17,20H,18H2,1-2H3,(H,27,30)/b17-16-. The molecule has 0 bridgehead atoms. The second-order valence-corrected chi connectivity index (χ2v) is 7.45. The Morgan fingerprint density at radius 2 is 1.70 bits per heavy atom. The van der Waals surface area contributed by atoms with Crippen LogP contribution < -0.4 is 5.32 Å². The van der Waals surface area contributed by atoms with E-state index in [4.69, 9.17) is 4.98 Å². The fraction of sp³-hybridized carbons (Fsp3) is 0.154. The molecule has 4 heteroatoms. The number of aromatic nitrogens is 2. The van der Waals surface area contributed by atoms with Crippen molar-refractivity contribution >= 4 is 23.0 Å². The van der Waals surface area contributed by atoms with Crippen LogP contribution in [-0.4, -0.2) is 15.5 Å². The molecule has 1 aromatic heterocycles. The summed E-state index contributed by atoms with van der Waals surface area (Å²) in [7, 11) is 0. The van der Waals surface area contributed by atoms with Crippen LogP contribution in [0.4, 0.5) is 0 Å². The van der Waals surface area contributed by atoms with Gasteiger partial charge in [-0.15, -0.1) is 0 Å². The van der Waals surface area contributed by atoms with E-state index >= 15 is 0 Å².